The fourth-order valence-electron chi connectivity index (χ4n) is 4.51. The minimum Gasteiger partial charge on any atom is -0.497 e. The van der Waals surface area contributed by atoms with Gasteiger partial charge < -0.3 is 19.7 Å². The Kier molecular flexibility index (Phi) is 6.84. The van der Waals surface area contributed by atoms with Gasteiger partial charge >= 0.3 is 11.9 Å². The Morgan fingerprint density at radius 2 is 1.37 bits per heavy atom. The standard InChI is InChI=1S/C27H24O7S/c1-33-18-7-9-20(25(29)30)16(11-18)13-27(15-35-23-6-4-3-5-22(23)24(27)28)14-17-12-19(34-2)8-10-21(17)26(31)32/h3-12H,13-15H2,1-2H3,(H,29,30)(H,31,32). The van der Waals surface area contributed by atoms with Gasteiger partial charge in [-0.3, -0.25) is 4.79 Å². The van der Waals surface area contributed by atoms with Crippen molar-refractivity contribution < 1.29 is 34.1 Å². The van der Waals surface area contributed by atoms with E-state index in [9.17, 15) is 24.6 Å². The quantitative estimate of drug-likeness (QED) is 0.459. The molecule has 1 aliphatic heterocycles. The summed E-state index contributed by atoms with van der Waals surface area (Å²) >= 11 is 1.51. The summed E-state index contributed by atoms with van der Waals surface area (Å²) in [6, 6.07) is 16.6. The van der Waals surface area contributed by atoms with Crippen molar-refractivity contribution in [1.82, 2.24) is 0 Å². The maximum atomic E-state index is 14.0. The SMILES string of the molecule is COc1ccc(C(=O)O)c(CC2(Cc3cc(OC)ccc3C(=O)O)CSc3ccccc3C2=O)c1. The van der Waals surface area contributed by atoms with Crippen LogP contribution in [0.4, 0.5) is 0 Å². The molecule has 180 valence electrons. The van der Waals surface area contributed by atoms with Gasteiger partial charge in [0.05, 0.1) is 30.8 Å². The number of benzene rings is 3. The number of hydrogen-bond acceptors (Lipinski definition) is 6. The Morgan fingerprint density at radius 1 is 0.857 bits per heavy atom. The lowest BCUT2D eigenvalue weighted by molar-refractivity contribution is 0.0685. The monoisotopic (exact) mass is 492 g/mol. The first-order valence-electron chi connectivity index (χ1n) is 10.8. The lowest BCUT2D eigenvalue weighted by Gasteiger charge is -2.37. The van der Waals surface area contributed by atoms with Gasteiger partial charge in [-0.15, -0.1) is 11.8 Å². The molecule has 0 radical (unpaired) electrons. The average molecular weight is 493 g/mol. The van der Waals surface area contributed by atoms with Crippen molar-refractivity contribution in [3.8, 4) is 11.5 Å². The fourth-order valence-corrected chi connectivity index (χ4v) is 5.76. The summed E-state index contributed by atoms with van der Waals surface area (Å²) < 4.78 is 10.6. The number of Topliss-reactive ketones (excluding diaryl/α,β-unsaturated/α-hetero) is 1. The molecule has 3 aromatic carbocycles. The lowest BCUT2D eigenvalue weighted by atomic mass is 9.71. The van der Waals surface area contributed by atoms with E-state index in [2.05, 4.69) is 0 Å². The van der Waals surface area contributed by atoms with Crippen LogP contribution < -0.4 is 9.47 Å². The number of aromatic carboxylic acids is 2. The third kappa shape index (κ3) is 4.74. The van der Waals surface area contributed by atoms with Gasteiger partial charge in [0.25, 0.3) is 0 Å². The summed E-state index contributed by atoms with van der Waals surface area (Å²) in [7, 11) is 2.98. The van der Waals surface area contributed by atoms with Gasteiger partial charge in [-0.25, -0.2) is 9.59 Å². The van der Waals surface area contributed by atoms with Crippen molar-refractivity contribution in [2.45, 2.75) is 17.7 Å². The van der Waals surface area contributed by atoms with Gasteiger partial charge in [-0.05, 0) is 66.4 Å². The van der Waals surface area contributed by atoms with Crippen LogP contribution in [0.3, 0.4) is 0 Å². The number of fused-ring (bicyclic) bond motifs is 1. The van der Waals surface area contributed by atoms with E-state index < -0.39 is 17.4 Å². The second-order valence-electron chi connectivity index (χ2n) is 8.40. The van der Waals surface area contributed by atoms with E-state index in [1.54, 1.807) is 36.4 Å². The Morgan fingerprint density at radius 3 is 1.86 bits per heavy atom. The van der Waals surface area contributed by atoms with Crippen LogP contribution in [0.25, 0.3) is 0 Å². The van der Waals surface area contributed by atoms with Crippen LogP contribution in [0.15, 0.2) is 65.6 Å². The molecule has 0 unspecified atom stereocenters. The van der Waals surface area contributed by atoms with Crippen LogP contribution in [0.5, 0.6) is 11.5 Å². The summed E-state index contributed by atoms with van der Waals surface area (Å²) in [5, 5.41) is 19.6. The molecule has 0 aromatic heterocycles. The van der Waals surface area contributed by atoms with Crippen LogP contribution in [-0.2, 0) is 12.8 Å². The topological polar surface area (TPSA) is 110 Å². The fraction of sp³-hybridized carbons (Fsp3) is 0.222. The zero-order chi connectivity index (χ0) is 25.2. The smallest absolute Gasteiger partial charge is 0.335 e. The number of carboxylic acid groups (broad SMARTS) is 2. The minimum absolute atomic E-state index is 0.0749. The number of carboxylic acids is 2. The molecular formula is C27H24O7S. The number of thioether (sulfide) groups is 1. The number of methoxy groups -OCH3 is 2. The molecule has 4 rings (SSSR count). The van der Waals surface area contributed by atoms with E-state index in [-0.39, 0.29) is 29.8 Å². The van der Waals surface area contributed by atoms with E-state index in [4.69, 9.17) is 9.47 Å². The van der Waals surface area contributed by atoms with Crippen molar-refractivity contribution in [2.24, 2.45) is 5.41 Å². The van der Waals surface area contributed by atoms with Crippen LogP contribution in [0, 0.1) is 5.41 Å². The first kappa shape index (κ1) is 24.3. The highest BCUT2D eigenvalue weighted by atomic mass is 32.2. The second-order valence-corrected chi connectivity index (χ2v) is 9.42. The molecule has 1 aliphatic rings. The van der Waals surface area contributed by atoms with Crippen molar-refractivity contribution >= 4 is 29.5 Å². The zero-order valence-electron chi connectivity index (χ0n) is 19.2. The first-order chi connectivity index (χ1) is 16.8. The lowest BCUT2D eigenvalue weighted by Crippen LogP contribution is -2.41. The predicted molar refractivity (Wildman–Crippen MR) is 131 cm³/mol. The molecule has 2 N–H and O–H groups in total. The van der Waals surface area contributed by atoms with Crippen molar-refractivity contribution in [3.05, 3.63) is 88.5 Å². The Balaban J connectivity index is 1.89. The second kappa shape index (κ2) is 9.84. The summed E-state index contributed by atoms with van der Waals surface area (Å²) in [4.78, 5) is 38.9. The molecular weight excluding hydrogens is 468 g/mol. The van der Waals surface area contributed by atoms with Crippen LogP contribution >= 0.6 is 11.8 Å². The molecule has 0 atom stereocenters. The summed E-state index contributed by atoms with van der Waals surface area (Å²) in [5.74, 6) is -1.06. The van der Waals surface area contributed by atoms with Gasteiger partial charge in [0, 0.05) is 16.2 Å². The van der Waals surface area contributed by atoms with Crippen LogP contribution in [0.1, 0.15) is 42.2 Å². The molecule has 3 aromatic rings. The zero-order valence-corrected chi connectivity index (χ0v) is 20.1. The molecule has 0 aliphatic carbocycles. The third-order valence-electron chi connectivity index (χ3n) is 6.26. The Labute approximate surface area is 206 Å². The molecule has 0 saturated carbocycles. The van der Waals surface area contributed by atoms with Crippen LogP contribution in [-0.4, -0.2) is 47.9 Å². The minimum atomic E-state index is -1.11. The van der Waals surface area contributed by atoms with Crippen LogP contribution in [0.2, 0.25) is 0 Å². The van der Waals surface area contributed by atoms with E-state index >= 15 is 0 Å². The first-order valence-corrected chi connectivity index (χ1v) is 11.8. The Bertz CT molecular complexity index is 1250. The molecule has 0 bridgehead atoms. The van der Waals surface area contributed by atoms with Gasteiger partial charge in [-0.1, -0.05) is 18.2 Å². The molecule has 35 heavy (non-hydrogen) atoms. The van der Waals surface area contributed by atoms with Gasteiger partial charge in [0.2, 0.25) is 0 Å². The highest BCUT2D eigenvalue weighted by molar-refractivity contribution is 7.99. The summed E-state index contributed by atoms with van der Waals surface area (Å²) in [5.41, 5.74) is 0.502. The Hall–Kier alpha value is -3.78. The predicted octanol–water partition coefficient (Wildman–Crippen LogP) is 4.86. The molecule has 0 fully saturated rings. The molecule has 1 heterocycles. The number of hydrogen-bond donors (Lipinski definition) is 2. The normalized spacial score (nSPS) is 14.2. The maximum absolute atomic E-state index is 14.0. The number of rotatable bonds is 8. The van der Waals surface area contributed by atoms with E-state index in [1.807, 2.05) is 12.1 Å². The third-order valence-corrected chi connectivity index (χ3v) is 7.62. The van der Waals surface area contributed by atoms with Gasteiger partial charge in [-0.2, -0.15) is 0 Å². The van der Waals surface area contributed by atoms with Crippen molar-refractivity contribution in [3.63, 3.8) is 0 Å². The molecule has 8 heteroatoms. The molecule has 0 spiro atoms. The number of carbonyl (C=O) groups excluding carboxylic acids is 1. The summed E-state index contributed by atoms with van der Waals surface area (Å²) in [6.07, 6.45) is 0.199. The average Bonchev–Trinajstić information content (AvgIpc) is 2.86. The molecule has 0 amide bonds. The highest BCUT2D eigenvalue weighted by Crippen LogP contribution is 2.45. The van der Waals surface area contributed by atoms with Crippen molar-refractivity contribution in [1.29, 1.82) is 0 Å². The summed E-state index contributed by atoms with van der Waals surface area (Å²) in [6.45, 7) is 0. The highest BCUT2D eigenvalue weighted by Gasteiger charge is 2.44. The van der Waals surface area contributed by atoms with E-state index in [0.717, 1.165) is 4.90 Å². The largest absolute Gasteiger partial charge is 0.497 e. The molecule has 7 nitrogen and oxygen atoms in total. The number of ketones is 1. The number of ether oxygens (including phenoxy) is 2. The molecule has 0 saturated heterocycles. The van der Waals surface area contributed by atoms with E-state index in [0.29, 0.717) is 33.9 Å². The van der Waals surface area contributed by atoms with Crippen molar-refractivity contribution in [2.75, 3.05) is 20.0 Å². The van der Waals surface area contributed by atoms with E-state index in [1.165, 1.54) is 38.1 Å². The van der Waals surface area contributed by atoms with Gasteiger partial charge in [0.15, 0.2) is 5.78 Å². The maximum Gasteiger partial charge on any atom is 0.335 e. The number of carbonyl (C=O) groups is 3. The van der Waals surface area contributed by atoms with Gasteiger partial charge in [0.1, 0.15) is 11.5 Å².